The molecule has 1 spiro atoms. The number of anilines is 2. The number of piperidine rings is 1. The van der Waals surface area contributed by atoms with E-state index in [1.54, 1.807) is 0 Å². The molecule has 3 aliphatic rings. The van der Waals surface area contributed by atoms with Gasteiger partial charge in [0.1, 0.15) is 5.82 Å². The van der Waals surface area contributed by atoms with Crippen molar-refractivity contribution in [1.29, 1.82) is 0 Å². The maximum absolute atomic E-state index is 14.3. The van der Waals surface area contributed by atoms with Crippen LogP contribution in [-0.4, -0.2) is 42.3 Å². The largest absolute Gasteiger partial charge is 0.481 e. The molecule has 198 valence electrons. The lowest BCUT2D eigenvalue weighted by Crippen LogP contribution is -2.40. The van der Waals surface area contributed by atoms with Gasteiger partial charge in [0.05, 0.1) is 35.3 Å². The molecule has 1 saturated carbocycles. The first-order valence-electron chi connectivity index (χ1n) is 12.5. The minimum absolute atomic E-state index is 0.0755. The van der Waals surface area contributed by atoms with Gasteiger partial charge in [0, 0.05) is 18.8 Å². The summed E-state index contributed by atoms with van der Waals surface area (Å²) >= 11 is 0. The Balaban J connectivity index is 1.30. The number of carbonyl (C=O) groups is 2. The molecule has 2 aromatic rings. The zero-order chi connectivity index (χ0) is 26.4. The molecule has 10 heteroatoms. The monoisotopic (exact) mass is 520 g/mol. The number of carboxylic acid groups (broad SMARTS) is 1. The molecule has 2 aliphatic heterocycles. The molecule has 2 N–H and O–H groups in total. The number of nitrogens with zero attached hydrogens (tertiary/aromatic N) is 1. The van der Waals surface area contributed by atoms with E-state index in [4.69, 9.17) is 4.74 Å². The van der Waals surface area contributed by atoms with E-state index in [0.717, 1.165) is 49.9 Å². The molecule has 2 heterocycles. The summed E-state index contributed by atoms with van der Waals surface area (Å²) in [7, 11) is 0. The number of carbonyl (C=O) groups excluding carboxylic acids is 1. The summed E-state index contributed by atoms with van der Waals surface area (Å²) in [6, 6.07) is 9.60. The van der Waals surface area contributed by atoms with Crippen molar-refractivity contribution in [2.45, 2.75) is 49.8 Å². The second-order valence-electron chi connectivity index (χ2n) is 10.2. The zero-order valence-corrected chi connectivity index (χ0v) is 20.1. The highest BCUT2D eigenvalue weighted by Gasteiger charge is 2.47. The van der Waals surface area contributed by atoms with E-state index < -0.39 is 52.9 Å². The van der Waals surface area contributed by atoms with E-state index in [-0.39, 0.29) is 12.0 Å². The number of halogens is 4. The first-order chi connectivity index (χ1) is 17.6. The number of hydrogen-bond donors (Lipinski definition) is 2. The summed E-state index contributed by atoms with van der Waals surface area (Å²) in [6.07, 6.45) is -1.29. The molecule has 2 aromatic carbocycles. The molecule has 2 saturated heterocycles. The number of amides is 1. The van der Waals surface area contributed by atoms with Gasteiger partial charge >= 0.3 is 12.1 Å². The van der Waals surface area contributed by atoms with Crippen molar-refractivity contribution in [3.8, 4) is 0 Å². The molecule has 0 bridgehead atoms. The van der Waals surface area contributed by atoms with Gasteiger partial charge in [-0.05, 0) is 67.5 Å². The maximum Gasteiger partial charge on any atom is 0.416 e. The molecule has 1 aliphatic carbocycles. The number of ether oxygens (including phenoxy) is 1. The normalized spacial score (nSPS) is 25.1. The minimum atomic E-state index is -4.72. The van der Waals surface area contributed by atoms with Crippen molar-refractivity contribution in [2.75, 3.05) is 29.9 Å². The highest BCUT2D eigenvalue weighted by Crippen LogP contribution is 2.43. The Bertz CT molecular complexity index is 1170. The number of alkyl halides is 3. The predicted octanol–water partition coefficient (Wildman–Crippen LogP) is 5.44. The van der Waals surface area contributed by atoms with Gasteiger partial charge in [-0.15, -0.1) is 0 Å². The number of rotatable bonds is 5. The van der Waals surface area contributed by atoms with E-state index in [9.17, 15) is 32.3 Å². The molecule has 1 amide bonds. The molecule has 3 atom stereocenters. The zero-order valence-electron chi connectivity index (χ0n) is 20.1. The smallest absolute Gasteiger partial charge is 0.416 e. The fourth-order valence-corrected chi connectivity index (χ4v) is 5.72. The van der Waals surface area contributed by atoms with Crippen molar-refractivity contribution in [3.63, 3.8) is 0 Å². The number of carboxylic acids is 1. The molecular formula is C27H28F4N2O4. The van der Waals surface area contributed by atoms with E-state index in [1.165, 1.54) is 0 Å². The summed E-state index contributed by atoms with van der Waals surface area (Å²) in [5.41, 5.74) is 0.361. The summed E-state index contributed by atoms with van der Waals surface area (Å²) in [5, 5.41) is 12.4. The van der Waals surface area contributed by atoms with Crippen LogP contribution in [0.3, 0.4) is 0 Å². The Morgan fingerprint density at radius 2 is 1.73 bits per heavy atom. The Hall–Kier alpha value is -3.14. The van der Waals surface area contributed by atoms with E-state index in [2.05, 4.69) is 10.2 Å². The number of epoxide rings is 1. The van der Waals surface area contributed by atoms with Crippen LogP contribution in [0.15, 0.2) is 42.5 Å². The minimum Gasteiger partial charge on any atom is -0.481 e. The van der Waals surface area contributed by atoms with Gasteiger partial charge in [-0.25, -0.2) is 4.39 Å². The van der Waals surface area contributed by atoms with Crippen LogP contribution in [0.1, 0.15) is 49.1 Å². The Morgan fingerprint density at radius 1 is 1.05 bits per heavy atom. The Morgan fingerprint density at radius 3 is 2.30 bits per heavy atom. The topological polar surface area (TPSA) is 82.2 Å². The van der Waals surface area contributed by atoms with Crippen molar-refractivity contribution >= 4 is 23.3 Å². The third-order valence-electron chi connectivity index (χ3n) is 7.99. The second kappa shape index (κ2) is 9.63. The lowest BCUT2D eigenvalue weighted by Gasteiger charge is -2.36. The van der Waals surface area contributed by atoms with Crippen LogP contribution >= 0.6 is 0 Å². The number of nitrogens with one attached hydrogen (secondary N) is 1. The van der Waals surface area contributed by atoms with E-state index in [0.29, 0.717) is 25.0 Å². The second-order valence-corrected chi connectivity index (χ2v) is 10.2. The molecule has 5 rings (SSSR count). The van der Waals surface area contributed by atoms with Gasteiger partial charge in [-0.2, -0.15) is 13.2 Å². The van der Waals surface area contributed by atoms with Gasteiger partial charge in [0.2, 0.25) is 5.91 Å². The van der Waals surface area contributed by atoms with E-state index >= 15 is 0 Å². The van der Waals surface area contributed by atoms with Crippen molar-refractivity contribution in [1.82, 2.24) is 0 Å². The van der Waals surface area contributed by atoms with Crippen molar-refractivity contribution < 1.29 is 37.0 Å². The van der Waals surface area contributed by atoms with Crippen LogP contribution in [-0.2, 0) is 20.5 Å². The number of hydrogen-bond acceptors (Lipinski definition) is 4. The number of aliphatic carboxylic acids is 1. The predicted molar refractivity (Wildman–Crippen MR) is 128 cm³/mol. The molecule has 3 fully saturated rings. The summed E-state index contributed by atoms with van der Waals surface area (Å²) in [5.74, 6) is -5.48. The first kappa shape index (κ1) is 25.5. The van der Waals surface area contributed by atoms with Crippen LogP contribution in [0, 0.1) is 17.7 Å². The van der Waals surface area contributed by atoms with Gasteiger partial charge in [0.15, 0.2) is 0 Å². The average molecular weight is 521 g/mol. The highest BCUT2D eigenvalue weighted by atomic mass is 19.4. The van der Waals surface area contributed by atoms with Gasteiger partial charge in [-0.1, -0.05) is 18.6 Å². The maximum atomic E-state index is 14.3. The van der Waals surface area contributed by atoms with Crippen LogP contribution in [0.5, 0.6) is 0 Å². The fraction of sp³-hybridized carbons (Fsp3) is 0.481. The standard InChI is InChI=1S/C27H28F4N2O4/c28-21-14-17(27(29,30)31)6-9-22(21)32-24(34)20-3-1-2-19(23(20)25(35)36)16-4-7-18(8-5-16)33-12-10-26(11-13-33)15-37-26/h4-9,14,19-20,23H,1-3,10-13,15H2,(H,32,34)(H,35,36)/t19-,20-,23-/m1/s1. The third kappa shape index (κ3) is 5.30. The SMILES string of the molecule is O=C(O)[C@@H]1[C@@H](c2ccc(N3CCC4(CC3)CO4)cc2)CCC[C@H]1C(=O)Nc1ccc(C(F)(F)F)cc1F. The molecule has 6 nitrogen and oxygen atoms in total. The fourth-order valence-electron chi connectivity index (χ4n) is 5.72. The first-order valence-corrected chi connectivity index (χ1v) is 12.5. The van der Waals surface area contributed by atoms with Gasteiger partial charge < -0.3 is 20.1 Å². The molecule has 0 aromatic heterocycles. The Kier molecular flexibility index (Phi) is 6.64. The summed E-state index contributed by atoms with van der Waals surface area (Å²) in [6.45, 7) is 2.62. The average Bonchev–Trinajstić information content (AvgIpc) is 3.63. The third-order valence-corrected chi connectivity index (χ3v) is 7.99. The molecule has 0 radical (unpaired) electrons. The lowest BCUT2D eigenvalue weighted by molar-refractivity contribution is -0.148. The van der Waals surface area contributed by atoms with Crippen LogP contribution in [0.2, 0.25) is 0 Å². The Labute approximate surface area is 211 Å². The summed E-state index contributed by atoms with van der Waals surface area (Å²) in [4.78, 5) is 27.6. The molecule has 37 heavy (non-hydrogen) atoms. The number of benzene rings is 2. The van der Waals surface area contributed by atoms with Gasteiger partial charge in [-0.3, -0.25) is 9.59 Å². The van der Waals surface area contributed by atoms with Crippen molar-refractivity contribution in [3.05, 3.63) is 59.4 Å². The molecule has 0 unspecified atom stereocenters. The highest BCUT2D eigenvalue weighted by molar-refractivity contribution is 5.95. The van der Waals surface area contributed by atoms with Crippen LogP contribution in [0.4, 0.5) is 28.9 Å². The quantitative estimate of drug-likeness (QED) is 0.406. The van der Waals surface area contributed by atoms with E-state index in [1.807, 2.05) is 24.3 Å². The van der Waals surface area contributed by atoms with Crippen LogP contribution in [0.25, 0.3) is 0 Å². The van der Waals surface area contributed by atoms with Gasteiger partial charge in [0.25, 0.3) is 0 Å². The molecular weight excluding hydrogens is 492 g/mol. The lowest BCUT2D eigenvalue weighted by atomic mass is 9.69. The van der Waals surface area contributed by atoms with Crippen LogP contribution < -0.4 is 10.2 Å². The summed E-state index contributed by atoms with van der Waals surface area (Å²) < 4.78 is 58.4. The van der Waals surface area contributed by atoms with Crippen molar-refractivity contribution in [2.24, 2.45) is 11.8 Å².